The van der Waals surface area contributed by atoms with E-state index in [-0.39, 0.29) is 5.91 Å². The van der Waals surface area contributed by atoms with E-state index >= 15 is 0 Å². The Balaban J connectivity index is 1.65. The Hall–Kier alpha value is -1.69. The number of nitrogens with zero attached hydrogens (tertiary/aromatic N) is 3. The number of morpholine rings is 1. The van der Waals surface area contributed by atoms with Gasteiger partial charge >= 0.3 is 0 Å². The van der Waals surface area contributed by atoms with E-state index < -0.39 is 0 Å². The van der Waals surface area contributed by atoms with Crippen LogP contribution in [0.1, 0.15) is 23.3 Å². The maximum atomic E-state index is 11.7. The Morgan fingerprint density at radius 1 is 1.28 bits per heavy atom. The van der Waals surface area contributed by atoms with E-state index in [0.717, 1.165) is 31.7 Å². The average molecular weight is 248 g/mol. The summed E-state index contributed by atoms with van der Waals surface area (Å²) in [6.45, 7) is 3.07. The molecule has 0 atom stereocenters. The first-order valence-electron chi connectivity index (χ1n) is 6.30. The van der Waals surface area contributed by atoms with Crippen molar-refractivity contribution in [3.05, 3.63) is 17.8 Å². The average Bonchev–Trinajstić information content (AvgIpc) is 3.24. The normalized spacial score (nSPS) is 19.7. The number of hydrogen-bond donors (Lipinski definition) is 1. The Bertz CT molecular complexity index is 424. The summed E-state index contributed by atoms with van der Waals surface area (Å²) < 4.78 is 5.28. The summed E-state index contributed by atoms with van der Waals surface area (Å²) in [6.07, 6.45) is 2.15. The molecule has 1 N–H and O–H groups in total. The molecule has 1 aliphatic carbocycles. The second-order valence-corrected chi connectivity index (χ2v) is 4.62. The number of amides is 1. The van der Waals surface area contributed by atoms with E-state index in [1.807, 2.05) is 6.07 Å². The van der Waals surface area contributed by atoms with Crippen LogP contribution in [0.15, 0.2) is 12.1 Å². The first-order chi connectivity index (χ1) is 8.83. The van der Waals surface area contributed by atoms with Crippen molar-refractivity contribution >= 4 is 11.7 Å². The van der Waals surface area contributed by atoms with E-state index in [4.69, 9.17) is 4.74 Å². The minimum absolute atomic E-state index is 0.126. The minimum Gasteiger partial charge on any atom is -0.378 e. The fourth-order valence-corrected chi connectivity index (χ4v) is 1.89. The molecule has 0 spiro atoms. The number of anilines is 1. The minimum atomic E-state index is -0.126. The largest absolute Gasteiger partial charge is 0.378 e. The molecule has 0 bridgehead atoms. The van der Waals surface area contributed by atoms with Gasteiger partial charge in [-0.15, -0.1) is 10.2 Å². The van der Waals surface area contributed by atoms with E-state index in [1.54, 1.807) is 6.07 Å². The molecule has 0 radical (unpaired) electrons. The highest BCUT2D eigenvalue weighted by molar-refractivity contribution is 5.92. The Morgan fingerprint density at radius 2 is 2.06 bits per heavy atom. The van der Waals surface area contributed by atoms with Crippen LogP contribution in [0.2, 0.25) is 0 Å². The lowest BCUT2D eigenvalue weighted by Crippen LogP contribution is -2.37. The third kappa shape index (κ3) is 2.59. The first-order valence-corrected chi connectivity index (χ1v) is 6.30. The molecule has 3 rings (SSSR count). The highest BCUT2D eigenvalue weighted by Gasteiger charge is 2.24. The van der Waals surface area contributed by atoms with Crippen molar-refractivity contribution in [3.8, 4) is 0 Å². The summed E-state index contributed by atoms with van der Waals surface area (Å²) in [4.78, 5) is 13.8. The van der Waals surface area contributed by atoms with Crippen LogP contribution >= 0.6 is 0 Å². The highest BCUT2D eigenvalue weighted by Crippen LogP contribution is 2.19. The van der Waals surface area contributed by atoms with Crippen molar-refractivity contribution in [1.82, 2.24) is 15.5 Å². The molecule has 18 heavy (non-hydrogen) atoms. The number of nitrogens with one attached hydrogen (secondary N) is 1. The van der Waals surface area contributed by atoms with E-state index in [0.29, 0.717) is 24.9 Å². The molecule has 1 amide bonds. The van der Waals surface area contributed by atoms with Crippen molar-refractivity contribution in [3.63, 3.8) is 0 Å². The maximum absolute atomic E-state index is 11.7. The zero-order valence-corrected chi connectivity index (χ0v) is 10.1. The van der Waals surface area contributed by atoms with Gasteiger partial charge in [-0.25, -0.2) is 0 Å². The number of ether oxygens (including phenoxy) is 1. The van der Waals surface area contributed by atoms with Crippen LogP contribution in [0.5, 0.6) is 0 Å². The third-order valence-electron chi connectivity index (χ3n) is 3.13. The number of aromatic nitrogens is 2. The quantitative estimate of drug-likeness (QED) is 0.828. The molecule has 1 saturated heterocycles. The van der Waals surface area contributed by atoms with Crippen LogP contribution in [0.3, 0.4) is 0 Å². The van der Waals surface area contributed by atoms with E-state index in [9.17, 15) is 4.79 Å². The molecule has 6 nitrogen and oxygen atoms in total. The van der Waals surface area contributed by atoms with Gasteiger partial charge in [0.05, 0.1) is 13.2 Å². The first kappa shape index (κ1) is 11.4. The van der Waals surface area contributed by atoms with Gasteiger partial charge in [-0.2, -0.15) is 0 Å². The van der Waals surface area contributed by atoms with Gasteiger partial charge in [0.1, 0.15) is 0 Å². The molecule has 1 saturated carbocycles. The molecular formula is C12H16N4O2. The lowest BCUT2D eigenvalue weighted by atomic mass is 10.3. The molecule has 1 aromatic heterocycles. The van der Waals surface area contributed by atoms with Gasteiger partial charge in [0.15, 0.2) is 11.5 Å². The monoisotopic (exact) mass is 248 g/mol. The molecule has 1 aromatic rings. The SMILES string of the molecule is O=C(NC1CC1)c1ccc(N2CCOCC2)nn1. The topological polar surface area (TPSA) is 67.4 Å². The van der Waals surface area contributed by atoms with E-state index in [1.165, 1.54) is 0 Å². The molecule has 1 aliphatic heterocycles. The molecule has 2 fully saturated rings. The van der Waals surface area contributed by atoms with Gasteiger partial charge < -0.3 is 15.0 Å². The molecule has 0 unspecified atom stereocenters. The van der Waals surface area contributed by atoms with Gasteiger partial charge in [0.2, 0.25) is 0 Å². The molecular weight excluding hydrogens is 232 g/mol. The summed E-state index contributed by atoms with van der Waals surface area (Å²) in [6, 6.07) is 3.92. The smallest absolute Gasteiger partial charge is 0.272 e. The van der Waals surface area contributed by atoms with Crippen molar-refractivity contribution in [2.45, 2.75) is 18.9 Å². The summed E-state index contributed by atoms with van der Waals surface area (Å²) in [5, 5.41) is 11.0. The third-order valence-corrected chi connectivity index (χ3v) is 3.13. The number of carbonyl (C=O) groups is 1. The van der Waals surface area contributed by atoms with Crippen LogP contribution in [-0.2, 0) is 4.74 Å². The van der Waals surface area contributed by atoms with Crippen LogP contribution in [0.25, 0.3) is 0 Å². The van der Waals surface area contributed by atoms with Crippen molar-refractivity contribution < 1.29 is 9.53 Å². The van der Waals surface area contributed by atoms with Crippen molar-refractivity contribution in [2.75, 3.05) is 31.2 Å². The van der Waals surface area contributed by atoms with Gasteiger partial charge in [0, 0.05) is 19.1 Å². The Labute approximate surface area is 105 Å². The second-order valence-electron chi connectivity index (χ2n) is 4.62. The highest BCUT2D eigenvalue weighted by atomic mass is 16.5. The molecule has 2 aliphatic rings. The van der Waals surface area contributed by atoms with Gasteiger partial charge in [-0.3, -0.25) is 4.79 Å². The molecule has 96 valence electrons. The predicted molar refractivity (Wildman–Crippen MR) is 65.6 cm³/mol. The summed E-state index contributed by atoms with van der Waals surface area (Å²) in [5.74, 6) is 0.680. The maximum Gasteiger partial charge on any atom is 0.272 e. The number of hydrogen-bond acceptors (Lipinski definition) is 5. The second kappa shape index (κ2) is 4.89. The summed E-state index contributed by atoms with van der Waals surface area (Å²) in [5.41, 5.74) is 0.388. The Morgan fingerprint density at radius 3 is 2.67 bits per heavy atom. The zero-order chi connectivity index (χ0) is 12.4. The van der Waals surface area contributed by atoms with Gasteiger partial charge in [-0.05, 0) is 25.0 Å². The predicted octanol–water partition coefficient (Wildman–Crippen LogP) is 0.205. The fraction of sp³-hybridized carbons (Fsp3) is 0.583. The van der Waals surface area contributed by atoms with Crippen LogP contribution in [0, 0.1) is 0 Å². The van der Waals surface area contributed by atoms with Crippen LogP contribution in [-0.4, -0.2) is 48.4 Å². The van der Waals surface area contributed by atoms with Crippen LogP contribution < -0.4 is 10.2 Å². The standard InChI is InChI=1S/C12H16N4O2/c17-12(13-9-1-2-9)10-3-4-11(15-14-10)16-5-7-18-8-6-16/h3-4,9H,1-2,5-8H2,(H,13,17). The fourth-order valence-electron chi connectivity index (χ4n) is 1.89. The molecule has 2 heterocycles. The molecule has 6 heteroatoms. The lowest BCUT2D eigenvalue weighted by molar-refractivity contribution is 0.0945. The summed E-state index contributed by atoms with van der Waals surface area (Å²) in [7, 11) is 0. The van der Waals surface area contributed by atoms with Crippen molar-refractivity contribution in [2.24, 2.45) is 0 Å². The lowest BCUT2D eigenvalue weighted by Gasteiger charge is -2.27. The molecule has 0 aromatic carbocycles. The van der Waals surface area contributed by atoms with Crippen LogP contribution in [0.4, 0.5) is 5.82 Å². The number of rotatable bonds is 3. The van der Waals surface area contributed by atoms with Gasteiger partial charge in [0.25, 0.3) is 5.91 Å². The zero-order valence-electron chi connectivity index (χ0n) is 10.1. The van der Waals surface area contributed by atoms with E-state index in [2.05, 4.69) is 20.4 Å². The number of carbonyl (C=O) groups excluding carboxylic acids is 1. The van der Waals surface area contributed by atoms with Crippen molar-refractivity contribution in [1.29, 1.82) is 0 Å². The van der Waals surface area contributed by atoms with Gasteiger partial charge in [-0.1, -0.05) is 0 Å². The summed E-state index contributed by atoms with van der Waals surface area (Å²) >= 11 is 0. The Kier molecular flexibility index (Phi) is 3.10.